The molecule has 2 saturated heterocycles. The van der Waals surface area contributed by atoms with Crippen molar-refractivity contribution in [3.63, 3.8) is 0 Å². The van der Waals surface area contributed by atoms with Crippen LogP contribution in [0.25, 0.3) is 0 Å². The number of para-hydroxylation sites is 1. The first-order chi connectivity index (χ1) is 8.43. The van der Waals surface area contributed by atoms with Gasteiger partial charge in [-0.25, -0.2) is 0 Å². The minimum absolute atomic E-state index is 0.332. The Morgan fingerprint density at radius 1 is 1.24 bits per heavy atom. The normalized spacial score (nSPS) is 28.5. The standard InChI is InChI=1S/C14H19NO2/c1-2-4-14(17-12-5-7-15-9-12)13(3-1)11-6-8-16-10-11/h1-4,11-12,15H,5-10H2. The topological polar surface area (TPSA) is 30.5 Å². The molecule has 17 heavy (non-hydrogen) atoms. The molecule has 0 aliphatic carbocycles. The van der Waals surface area contributed by atoms with Crippen LogP contribution in [0.4, 0.5) is 0 Å². The van der Waals surface area contributed by atoms with Gasteiger partial charge in [-0.05, 0) is 31.0 Å². The Labute approximate surface area is 102 Å². The Balaban J connectivity index is 1.77. The van der Waals surface area contributed by atoms with Crippen LogP contribution in [0.15, 0.2) is 24.3 Å². The molecule has 0 radical (unpaired) electrons. The lowest BCUT2D eigenvalue weighted by atomic mass is 9.97. The molecule has 0 bridgehead atoms. The van der Waals surface area contributed by atoms with Gasteiger partial charge in [-0.1, -0.05) is 18.2 Å². The number of nitrogens with one attached hydrogen (secondary N) is 1. The molecule has 2 aliphatic heterocycles. The minimum atomic E-state index is 0.332. The van der Waals surface area contributed by atoms with Crippen molar-refractivity contribution in [1.82, 2.24) is 5.32 Å². The van der Waals surface area contributed by atoms with Crippen LogP contribution < -0.4 is 10.1 Å². The van der Waals surface area contributed by atoms with Crippen LogP contribution in [-0.4, -0.2) is 32.4 Å². The summed E-state index contributed by atoms with van der Waals surface area (Å²) in [6.45, 7) is 3.75. The van der Waals surface area contributed by atoms with Gasteiger partial charge in [0.15, 0.2) is 0 Å². The zero-order valence-electron chi connectivity index (χ0n) is 10.0. The fourth-order valence-corrected chi connectivity index (χ4v) is 2.61. The second-order valence-corrected chi connectivity index (χ2v) is 4.83. The van der Waals surface area contributed by atoms with Crippen molar-refractivity contribution >= 4 is 0 Å². The van der Waals surface area contributed by atoms with Crippen LogP contribution in [0.3, 0.4) is 0 Å². The van der Waals surface area contributed by atoms with E-state index in [0.717, 1.165) is 44.9 Å². The third kappa shape index (κ3) is 2.45. The van der Waals surface area contributed by atoms with Gasteiger partial charge in [0.05, 0.1) is 6.61 Å². The fraction of sp³-hybridized carbons (Fsp3) is 0.571. The Morgan fingerprint density at radius 2 is 2.18 bits per heavy atom. The van der Waals surface area contributed by atoms with E-state index in [4.69, 9.17) is 9.47 Å². The molecule has 92 valence electrons. The fourth-order valence-electron chi connectivity index (χ4n) is 2.61. The molecule has 2 atom stereocenters. The summed E-state index contributed by atoms with van der Waals surface area (Å²) >= 11 is 0. The molecule has 2 unspecified atom stereocenters. The van der Waals surface area contributed by atoms with Crippen molar-refractivity contribution in [2.45, 2.75) is 24.9 Å². The van der Waals surface area contributed by atoms with Crippen molar-refractivity contribution in [2.24, 2.45) is 0 Å². The number of rotatable bonds is 3. The first-order valence-corrected chi connectivity index (χ1v) is 6.47. The number of benzene rings is 1. The molecule has 1 N–H and O–H groups in total. The summed E-state index contributed by atoms with van der Waals surface area (Å²) in [5, 5.41) is 3.33. The van der Waals surface area contributed by atoms with Gasteiger partial charge < -0.3 is 14.8 Å². The van der Waals surface area contributed by atoms with Crippen LogP contribution in [0, 0.1) is 0 Å². The highest BCUT2D eigenvalue weighted by atomic mass is 16.5. The maximum atomic E-state index is 6.10. The third-order valence-corrected chi connectivity index (χ3v) is 3.60. The van der Waals surface area contributed by atoms with Crippen LogP contribution in [-0.2, 0) is 4.74 Å². The molecule has 2 heterocycles. The Kier molecular flexibility index (Phi) is 3.29. The molecule has 2 fully saturated rings. The molecule has 1 aromatic carbocycles. The summed E-state index contributed by atoms with van der Waals surface area (Å²) in [6.07, 6.45) is 2.55. The van der Waals surface area contributed by atoms with Crippen molar-refractivity contribution in [3.8, 4) is 5.75 Å². The highest BCUT2D eigenvalue weighted by molar-refractivity contribution is 5.37. The first-order valence-electron chi connectivity index (χ1n) is 6.47. The predicted octanol–water partition coefficient (Wildman–Crippen LogP) is 1.93. The third-order valence-electron chi connectivity index (χ3n) is 3.60. The zero-order chi connectivity index (χ0) is 11.5. The number of hydrogen-bond donors (Lipinski definition) is 1. The second kappa shape index (κ2) is 5.07. The van der Waals surface area contributed by atoms with E-state index in [1.54, 1.807) is 0 Å². The maximum Gasteiger partial charge on any atom is 0.123 e. The zero-order valence-corrected chi connectivity index (χ0v) is 10.0. The van der Waals surface area contributed by atoms with E-state index in [2.05, 4.69) is 29.6 Å². The lowest BCUT2D eigenvalue weighted by molar-refractivity contribution is 0.191. The Bertz CT molecular complexity index is 368. The first kappa shape index (κ1) is 11.1. The summed E-state index contributed by atoms with van der Waals surface area (Å²) in [5.41, 5.74) is 1.32. The van der Waals surface area contributed by atoms with Gasteiger partial charge in [0.1, 0.15) is 11.9 Å². The highest BCUT2D eigenvalue weighted by Crippen LogP contribution is 2.33. The molecule has 0 aromatic heterocycles. The number of ether oxygens (including phenoxy) is 2. The molecule has 3 nitrogen and oxygen atoms in total. The van der Waals surface area contributed by atoms with Gasteiger partial charge in [-0.2, -0.15) is 0 Å². The lowest BCUT2D eigenvalue weighted by Crippen LogP contribution is -2.20. The van der Waals surface area contributed by atoms with Gasteiger partial charge in [-0.3, -0.25) is 0 Å². The smallest absolute Gasteiger partial charge is 0.123 e. The van der Waals surface area contributed by atoms with Crippen LogP contribution in [0.1, 0.15) is 24.3 Å². The summed E-state index contributed by atoms with van der Waals surface area (Å²) in [5.74, 6) is 1.57. The van der Waals surface area contributed by atoms with Gasteiger partial charge in [0.25, 0.3) is 0 Å². The molecule has 3 rings (SSSR count). The monoisotopic (exact) mass is 233 g/mol. The molecular formula is C14H19NO2. The van der Waals surface area contributed by atoms with Crippen molar-refractivity contribution < 1.29 is 9.47 Å². The maximum absolute atomic E-state index is 6.10. The SMILES string of the molecule is c1ccc(C2CCOC2)c(OC2CCNC2)c1. The summed E-state index contributed by atoms with van der Waals surface area (Å²) < 4.78 is 11.6. The molecule has 0 amide bonds. The van der Waals surface area contributed by atoms with Crippen LogP contribution >= 0.6 is 0 Å². The highest BCUT2D eigenvalue weighted by Gasteiger charge is 2.23. The van der Waals surface area contributed by atoms with Crippen molar-refractivity contribution in [1.29, 1.82) is 0 Å². The van der Waals surface area contributed by atoms with Crippen molar-refractivity contribution in [2.75, 3.05) is 26.3 Å². The minimum Gasteiger partial charge on any atom is -0.489 e. The average Bonchev–Trinajstić information content (AvgIpc) is 3.01. The number of hydrogen-bond acceptors (Lipinski definition) is 3. The van der Waals surface area contributed by atoms with Gasteiger partial charge in [-0.15, -0.1) is 0 Å². The van der Waals surface area contributed by atoms with Crippen LogP contribution in [0.5, 0.6) is 5.75 Å². The van der Waals surface area contributed by atoms with Gasteiger partial charge in [0, 0.05) is 19.1 Å². The second-order valence-electron chi connectivity index (χ2n) is 4.83. The summed E-state index contributed by atoms with van der Waals surface area (Å²) in [4.78, 5) is 0. The molecule has 2 aliphatic rings. The van der Waals surface area contributed by atoms with Crippen molar-refractivity contribution in [3.05, 3.63) is 29.8 Å². The van der Waals surface area contributed by atoms with E-state index in [-0.39, 0.29) is 0 Å². The Morgan fingerprint density at radius 3 is 2.94 bits per heavy atom. The van der Waals surface area contributed by atoms with E-state index < -0.39 is 0 Å². The molecule has 1 aromatic rings. The van der Waals surface area contributed by atoms with E-state index >= 15 is 0 Å². The molecule has 3 heteroatoms. The van der Waals surface area contributed by atoms with Gasteiger partial charge in [0.2, 0.25) is 0 Å². The Hall–Kier alpha value is -1.06. The largest absolute Gasteiger partial charge is 0.489 e. The van der Waals surface area contributed by atoms with Gasteiger partial charge >= 0.3 is 0 Å². The molecule has 0 saturated carbocycles. The summed E-state index contributed by atoms with van der Waals surface area (Å²) in [6, 6.07) is 8.41. The summed E-state index contributed by atoms with van der Waals surface area (Å²) in [7, 11) is 0. The molecular weight excluding hydrogens is 214 g/mol. The van der Waals surface area contributed by atoms with Crippen LogP contribution in [0.2, 0.25) is 0 Å². The predicted molar refractivity (Wildman–Crippen MR) is 66.5 cm³/mol. The average molecular weight is 233 g/mol. The van der Waals surface area contributed by atoms with E-state index in [9.17, 15) is 0 Å². The van der Waals surface area contributed by atoms with E-state index in [0.29, 0.717) is 12.0 Å². The quantitative estimate of drug-likeness (QED) is 0.865. The molecule has 0 spiro atoms. The van der Waals surface area contributed by atoms with E-state index in [1.807, 2.05) is 0 Å². The van der Waals surface area contributed by atoms with E-state index in [1.165, 1.54) is 5.56 Å². The lowest BCUT2D eigenvalue weighted by Gasteiger charge is -2.18.